The number of nitrogens with two attached hydrogens (primary N) is 1. The molecule has 1 aliphatic heterocycles. The summed E-state index contributed by atoms with van der Waals surface area (Å²) in [4.78, 5) is 12.5. The van der Waals surface area contributed by atoms with Crippen LogP contribution in [0, 0.1) is 5.41 Å². The molecule has 2 aliphatic carbocycles. The fraction of sp³-hybridized carbons (Fsp3) is 0.609. The summed E-state index contributed by atoms with van der Waals surface area (Å²) in [5, 5.41) is 0. The fourth-order valence-corrected chi connectivity index (χ4v) is 5.75. The van der Waals surface area contributed by atoms with Crippen LogP contribution in [0.1, 0.15) is 62.6 Å². The Morgan fingerprint density at radius 3 is 2.31 bits per heavy atom. The molecular weight excluding hydrogens is 370 g/mol. The minimum absolute atomic E-state index is 0.177. The van der Waals surface area contributed by atoms with Crippen molar-refractivity contribution in [1.29, 1.82) is 0 Å². The van der Waals surface area contributed by atoms with Crippen molar-refractivity contribution in [2.45, 2.75) is 63.6 Å². The maximum Gasteiger partial charge on any atom is 0.226 e. The summed E-state index contributed by atoms with van der Waals surface area (Å²) in [6.07, 6.45) is 7.18. The molecule has 1 saturated carbocycles. The van der Waals surface area contributed by atoms with Crippen LogP contribution in [0.3, 0.4) is 0 Å². The van der Waals surface area contributed by atoms with Gasteiger partial charge >= 0.3 is 0 Å². The summed E-state index contributed by atoms with van der Waals surface area (Å²) >= 11 is 0. The van der Waals surface area contributed by atoms with Crippen LogP contribution >= 0.6 is 0 Å². The van der Waals surface area contributed by atoms with Crippen LogP contribution in [0.25, 0.3) is 6.08 Å². The highest BCUT2D eigenvalue weighted by atomic mass is 16.6. The molecule has 4 rings (SSSR count). The van der Waals surface area contributed by atoms with Gasteiger partial charge in [-0.3, -0.25) is 4.79 Å². The lowest BCUT2D eigenvalue weighted by molar-refractivity contribution is -0.130. The number of primary amides is 1. The Morgan fingerprint density at radius 2 is 1.76 bits per heavy atom. The number of carbonyl (C=O) groups excluding carboxylic acids is 1. The second-order valence-corrected chi connectivity index (χ2v) is 8.95. The molecule has 0 aromatic heterocycles. The Labute approximate surface area is 172 Å². The summed E-state index contributed by atoms with van der Waals surface area (Å²) in [5.74, 6) is 2.06. The van der Waals surface area contributed by atoms with Gasteiger partial charge in [0.05, 0.1) is 26.7 Å². The third kappa shape index (κ3) is 2.35. The molecule has 3 aliphatic rings. The molecule has 3 atom stereocenters. The van der Waals surface area contributed by atoms with Gasteiger partial charge in [-0.2, -0.15) is 0 Å². The minimum Gasteiger partial charge on any atom is -0.496 e. The molecule has 0 bridgehead atoms. The van der Waals surface area contributed by atoms with E-state index in [-0.39, 0.29) is 11.8 Å². The van der Waals surface area contributed by atoms with Crippen LogP contribution in [0.5, 0.6) is 17.2 Å². The Hall–Kier alpha value is -2.21. The topological polar surface area (TPSA) is 83.3 Å². The van der Waals surface area contributed by atoms with E-state index in [1.54, 1.807) is 21.3 Å². The number of fused-ring (bicyclic) bond motifs is 1. The van der Waals surface area contributed by atoms with E-state index in [2.05, 4.69) is 13.8 Å². The van der Waals surface area contributed by atoms with Gasteiger partial charge in [-0.1, -0.05) is 19.9 Å². The maximum absolute atomic E-state index is 12.5. The highest BCUT2D eigenvalue weighted by Crippen LogP contribution is 2.69. The number of ether oxygens (including phenoxy) is 4. The Morgan fingerprint density at radius 1 is 1.10 bits per heavy atom. The molecule has 1 aromatic carbocycles. The summed E-state index contributed by atoms with van der Waals surface area (Å²) in [6.45, 7) is 6.15. The zero-order valence-corrected chi connectivity index (χ0v) is 18.2. The van der Waals surface area contributed by atoms with Crippen molar-refractivity contribution >= 4 is 12.0 Å². The summed E-state index contributed by atoms with van der Waals surface area (Å²) in [5.41, 5.74) is 6.92. The van der Waals surface area contributed by atoms with E-state index in [0.29, 0.717) is 17.9 Å². The first-order valence-corrected chi connectivity index (χ1v) is 10.3. The second-order valence-electron chi connectivity index (χ2n) is 8.95. The lowest BCUT2D eigenvalue weighted by atomic mass is 9.61. The van der Waals surface area contributed by atoms with E-state index in [1.807, 2.05) is 19.1 Å². The third-order valence-corrected chi connectivity index (χ3v) is 7.29. The molecule has 0 radical (unpaired) electrons. The Bertz CT molecular complexity index is 907. The van der Waals surface area contributed by atoms with Crippen molar-refractivity contribution in [3.05, 3.63) is 22.8 Å². The second kappa shape index (κ2) is 6.39. The fourth-order valence-electron chi connectivity index (χ4n) is 5.75. The van der Waals surface area contributed by atoms with Crippen LogP contribution in [-0.4, -0.2) is 38.4 Å². The van der Waals surface area contributed by atoms with Crippen LogP contribution in [0.2, 0.25) is 0 Å². The maximum atomic E-state index is 12.5. The number of methoxy groups -OCH3 is 3. The molecule has 2 N–H and O–H groups in total. The van der Waals surface area contributed by atoms with Crippen molar-refractivity contribution in [1.82, 2.24) is 0 Å². The van der Waals surface area contributed by atoms with Crippen molar-refractivity contribution in [3.63, 3.8) is 0 Å². The van der Waals surface area contributed by atoms with Gasteiger partial charge in [-0.05, 0) is 38.2 Å². The molecule has 1 amide bonds. The smallest absolute Gasteiger partial charge is 0.226 e. The summed E-state index contributed by atoms with van der Waals surface area (Å²) < 4.78 is 24.0. The molecule has 1 heterocycles. The number of benzene rings is 1. The number of carbonyl (C=O) groups is 1. The molecule has 1 aromatic rings. The number of hydrogen-bond donors (Lipinski definition) is 1. The van der Waals surface area contributed by atoms with Crippen LogP contribution in [-0.2, 0) is 16.0 Å². The number of rotatable bonds is 5. The molecule has 2 fully saturated rings. The van der Waals surface area contributed by atoms with Crippen molar-refractivity contribution in [2.24, 2.45) is 11.1 Å². The Kier molecular flexibility index (Phi) is 4.43. The highest BCUT2D eigenvalue weighted by molar-refractivity contribution is 5.85. The summed E-state index contributed by atoms with van der Waals surface area (Å²) in [7, 11) is 5.00. The van der Waals surface area contributed by atoms with Gasteiger partial charge in [0.25, 0.3) is 0 Å². The first kappa shape index (κ1) is 20.1. The largest absolute Gasteiger partial charge is 0.496 e. The average Bonchev–Trinajstić information content (AvgIpc) is 3.36. The van der Waals surface area contributed by atoms with E-state index in [4.69, 9.17) is 24.7 Å². The predicted octanol–water partition coefficient (Wildman–Crippen LogP) is 3.59. The van der Waals surface area contributed by atoms with E-state index < -0.39 is 16.6 Å². The number of amides is 1. The first-order chi connectivity index (χ1) is 13.7. The zero-order valence-electron chi connectivity index (χ0n) is 18.2. The van der Waals surface area contributed by atoms with Gasteiger partial charge in [-0.15, -0.1) is 0 Å². The van der Waals surface area contributed by atoms with Crippen molar-refractivity contribution < 1.29 is 23.7 Å². The van der Waals surface area contributed by atoms with Gasteiger partial charge in [0.2, 0.25) is 5.91 Å². The SMILES string of the molecule is COc1c2c(c(OC)c(C(C)C)c1OC)C=C[C@@]13O[C@@]1(CCC[C@]3(C)C(N)=O)C2. The molecule has 1 saturated heterocycles. The van der Waals surface area contributed by atoms with E-state index >= 15 is 0 Å². The Balaban J connectivity index is 1.98. The molecule has 0 unspecified atom stereocenters. The van der Waals surface area contributed by atoms with Crippen molar-refractivity contribution in [2.75, 3.05) is 21.3 Å². The van der Waals surface area contributed by atoms with E-state index in [1.165, 1.54) is 0 Å². The van der Waals surface area contributed by atoms with Crippen molar-refractivity contribution in [3.8, 4) is 17.2 Å². The van der Waals surface area contributed by atoms with Gasteiger partial charge in [-0.25, -0.2) is 0 Å². The number of hydrogen-bond acceptors (Lipinski definition) is 5. The van der Waals surface area contributed by atoms with Gasteiger partial charge in [0.15, 0.2) is 11.5 Å². The number of epoxide rings is 1. The van der Waals surface area contributed by atoms with E-state index in [9.17, 15) is 4.79 Å². The zero-order chi connectivity index (χ0) is 21.2. The average molecular weight is 402 g/mol. The molecule has 6 nitrogen and oxygen atoms in total. The predicted molar refractivity (Wildman–Crippen MR) is 111 cm³/mol. The van der Waals surface area contributed by atoms with Gasteiger partial charge < -0.3 is 24.7 Å². The lowest BCUT2D eigenvalue weighted by Gasteiger charge is -2.37. The third-order valence-electron chi connectivity index (χ3n) is 7.29. The quantitative estimate of drug-likeness (QED) is 0.763. The van der Waals surface area contributed by atoms with Crippen LogP contribution in [0.4, 0.5) is 0 Å². The molecule has 29 heavy (non-hydrogen) atoms. The van der Waals surface area contributed by atoms with Gasteiger partial charge in [0.1, 0.15) is 17.0 Å². The van der Waals surface area contributed by atoms with E-state index in [0.717, 1.165) is 41.7 Å². The first-order valence-electron chi connectivity index (χ1n) is 10.3. The molecule has 6 heteroatoms. The molecule has 0 spiro atoms. The standard InChI is InChI=1S/C23H31NO5/c1-13(2)16-17(26-4)14-8-11-23-21(3,20(24)25)9-7-10-22(23,29-23)12-15(14)18(27-5)19(16)28-6/h8,11,13H,7,9-10,12H2,1-6H3,(H2,24,25)/t21-,22+,23+/m1/s1. The minimum atomic E-state index is -0.741. The highest BCUT2D eigenvalue weighted by Gasteiger charge is 2.79. The summed E-state index contributed by atoms with van der Waals surface area (Å²) in [6, 6.07) is 0. The monoisotopic (exact) mass is 401 g/mol. The molecule has 158 valence electrons. The normalized spacial score (nSPS) is 32.0. The van der Waals surface area contributed by atoms with Gasteiger partial charge in [0, 0.05) is 23.1 Å². The van der Waals surface area contributed by atoms with Crippen LogP contribution in [0.15, 0.2) is 6.08 Å². The lowest BCUT2D eigenvalue weighted by Crippen LogP contribution is -2.52. The molecular formula is C23H31NO5. The van der Waals surface area contributed by atoms with Crippen LogP contribution < -0.4 is 19.9 Å².